The van der Waals surface area contributed by atoms with Gasteiger partial charge in [0.1, 0.15) is 0 Å². The van der Waals surface area contributed by atoms with Gasteiger partial charge < -0.3 is 10.5 Å². The molecule has 1 aromatic rings. The predicted octanol–water partition coefficient (Wildman–Crippen LogP) is 0.663. The van der Waals surface area contributed by atoms with Crippen molar-refractivity contribution >= 4 is 21.4 Å². The maximum Gasteiger partial charge on any atom is 0.242 e. The summed E-state index contributed by atoms with van der Waals surface area (Å²) in [5, 5.41) is 1.74. The van der Waals surface area contributed by atoms with Crippen LogP contribution in [0.25, 0.3) is 0 Å². The Morgan fingerprint density at radius 1 is 1.65 bits per heavy atom. The molecule has 2 atom stereocenters. The summed E-state index contributed by atoms with van der Waals surface area (Å²) in [6.45, 7) is 2.71. The minimum atomic E-state index is -3.48. The lowest BCUT2D eigenvalue weighted by Gasteiger charge is -2.16. The zero-order valence-corrected chi connectivity index (χ0v) is 11.2. The van der Waals surface area contributed by atoms with Crippen LogP contribution < -0.4 is 10.5 Å². The third-order valence-corrected chi connectivity index (χ3v) is 5.51. The molecule has 1 aromatic heterocycles. The summed E-state index contributed by atoms with van der Waals surface area (Å²) >= 11 is 1.36. The molecule has 7 heteroatoms. The van der Waals surface area contributed by atoms with Gasteiger partial charge in [0.25, 0.3) is 0 Å². The Hall–Kier alpha value is -0.470. The summed E-state index contributed by atoms with van der Waals surface area (Å²) in [4.78, 5) is 0.980. The molecule has 2 rings (SSSR count). The molecule has 0 bridgehead atoms. The average molecular weight is 276 g/mol. The fourth-order valence-corrected chi connectivity index (χ4v) is 4.54. The first-order valence-electron chi connectivity index (χ1n) is 5.45. The Balaban J connectivity index is 2.19. The van der Waals surface area contributed by atoms with Gasteiger partial charge in [-0.3, -0.25) is 0 Å². The molecule has 17 heavy (non-hydrogen) atoms. The van der Waals surface area contributed by atoms with Gasteiger partial charge in [-0.15, -0.1) is 11.3 Å². The van der Waals surface area contributed by atoms with Crippen molar-refractivity contribution in [2.75, 3.05) is 6.61 Å². The molecule has 0 saturated carbocycles. The minimum Gasteiger partial charge on any atom is -0.377 e. The van der Waals surface area contributed by atoms with Crippen LogP contribution in [0.3, 0.4) is 0 Å². The van der Waals surface area contributed by atoms with Gasteiger partial charge in [0.15, 0.2) is 0 Å². The minimum absolute atomic E-state index is 0.0789. The van der Waals surface area contributed by atoms with Crippen LogP contribution in [-0.2, 0) is 21.3 Å². The van der Waals surface area contributed by atoms with Crippen LogP contribution in [0, 0.1) is 0 Å². The number of hydrogen-bond donors (Lipinski definition) is 2. The SMILES string of the molecule is CC1OCCC1NS(=O)(=O)c1ccsc1CN. The van der Waals surface area contributed by atoms with E-state index in [-0.39, 0.29) is 18.7 Å². The van der Waals surface area contributed by atoms with Crippen molar-refractivity contribution in [2.24, 2.45) is 5.73 Å². The smallest absolute Gasteiger partial charge is 0.242 e. The molecule has 1 saturated heterocycles. The lowest BCUT2D eigenvalue weighted by Crippen LogP contribution is -2.39. The lowest BCUT2D eigenvalue weighted by molar-refractivity contribution is 0.117. The first-order chi connectivity index (χ1) is 8.04. The third kappa shape index (κ3) is 2.69. The Bertz CT molecular complexity index is 483. The fourth-order valence-electron chi connectivity index (χ4n) is 1.87. The molecular formula is C10H16N2O3S2. The van der Waals surface area contributed by atoms with E-state index < -0.39 is 10.0 Å². The van der Waals surface area contributed by atoms with Crippen LogP contribution in [0.4, 0.5) is 0 Å². The molecular weight excluding hydrogens is 260 g/mol. The number of thiophene rings is 1. The van der Waals surface area contributed by atoms with Gasteiger partial charge >= 0.3 is 0 Å². The summed E-state index contributed by atoms with van der Waals surface area (Å²) < 4.78 is 32.3. The monoisotopic (exact) mass is 276 g/mol. The molecule has 1 aliphatic heterocycles. The highest BCUT2D eigenvalue weighted by molar-refractivity contribution is 7.89. The van der Waals surface area contributed by atoms with Gasteiger partial charge in [-0.2, -0.15) is 0 Å². The first kappa shape index (κ1) is 13.0. The van der Waals surface area contributed by atoms with E-state index in [1.807, 2.05) is 6.92 Å². The fraction of sp³-hybridized carbons (Fsp3) is 0.600. The normalized spacial score (nSPS) is 25.3. The second-order valence-electron chi connectivity index (χ2n) is 4.00. The van der Waals surface area contributed by atoms with Crippen LogP contribution in [0.2, 0.25) is 0 Å². The van der Waals surface area contributed by atoms with E-state index in [1.165, 1.54) is 11.3 Å². The summed E-state index contributed by atoms with van der Waals surface area (Å²) in [6, 6.07) is 1.45. The highest BCUT2D eigenvalue weighted by atomic mass is 32.2. The highest BCUT2D eigenvalue weighted by Gasteiger charge is 2.30. The van der Waals surface area contributed by atoms with E-state index in [1.54, 1.807) is 11.4 Å². The zero-order chi connectivity index (χ0) is 12.5. The molecule has 5 nitrogen and oxygen atoms in total. The maximum atomic E-state index is 12.2. The van der Waals surface area contributed by atoms with Crippen LogP contribution in [0.15, 0.2) is 16.3 Å². The third-order valence-electron chi connectivity index (χ3n) is 2.86. The number of sulfonamides is 1. The number of hydrogen-bond acceptors (Lipinski definition) is 5. The number of nitrogens with two attached hydrogens (primary N) is 1. The van der Waals surface area contributed by atoms with Crippen molar-refractivity contribution in [1.29, 1.82) is 0 Å². The molecule has 3 N–H and O–H groups in total. The topological polar surface area (TPSA) is 81.4 Å². The Morgan fingerprint density at radius 2 is 2.41 bits per heavy atom. The molecule has 0 amide bonds. The molecule has 0 aliphatic carbocycles. The first-order valence-corrected chi connectivity index (χ1v) is 7.81. The van der Waals surface area contributed by atoms with Crippen molar-refractivity contribution < 1.29 is 13.2 Å². The van der Waals surface area contributed by atoms with Gasteiger partial charge in [0.2, 0.25) is 10.0 Å². The summed E-state index contributed by atoms with van der Waals surface area (Å²) in [5.41, 5.74) is 5.52. The number of ether oxygens (including phenoxy) is 1. The quantitative estimate of drug-likeness (QED) is 0.846. The molecule has 0 spiro atoms. The lowest BCUT2D eigenvalue weighted by atomic mass is 10.2. The van der Waals surface area contributed by atoms with Crippen molar-refractivity contribution in [3.05, 3.63) is 16.3 Å². The summed E-state index contributed by atoms with van der Waals surface area (Å²) in [6.07, 6.45) is 0.632. The van der Waals surface area contributed by atoms with Gasteiger partial charge in [-0.05, 0) is 24.8 Å². The maximum absolute atomic E-state index is 12.2. The van der Waals surface area contributed by atoms with Crippen LogP contribution >= 0.6 is 11.3 Å². The van der Waals surface area contributed by atoms with Crippen LogP contribution in [0.1, 0.15) is 18.2 Å². The van der Waals surface area contributed by atoms with Crippen molar-refractivity contribution in [1.82, 2.24) is 4.72 Å². The predicted molar refractivity (Wildman–Crippen MR) is 66.4 cm³/mol. The van der Waals surface area contributed by atoms with Gasteiger partial charge in [0.05, 0.1) is 17.0 Å². The largest absolute Gasteiger partial charge is 0.377 e. The van der Waals surface area contributed by atoms with E-state index in [0.717, 1.165) is 0 Å². The molecule has 96 valence electrons. The molecule has 2 unspecified atom stereocenters. The zero-order valence-electron chi connectivity index (χ0n) is 9.55. The number of rotatable bonds is 4. The van der Waals surface area contributed by atoms with E-state index in [2.05, 4.69) is 4.72 Å². The summed E-state index contributed by atoms with van der Waals surface area (Å²) in [5.74, 6) is 0. The Morgan fingerprint density at radius 3 is 3.00 bits per heavy atom. The Labute approximate surface area is 105 Å². The molecule has 1 fully saturated rings. The highest BCUT2D eigenvalue weighted by Crippen LogP contribution is 2.23. The van der Waals surface area contributed by atoms with Gasteiger partial charge in [0, 0.05) is 18.0 Å². The summed E-state index contributed by atoms with van der Waals surface area (Å²) in [7, 11) is -3.48. The Kier molecular flexibility index (Phi) is 3.84. The van der Waals surface area contributed by atoms with Crippen molar-refractivity contribution in [2.45, 2.75) is 36.9 Å². The van der Waals surface area contributed by atoms with E-state index in [9.17, 15) is 8.42 Å². The average Bonchev–Trinajstić information content (AvgIpc) is 2.88. The molecule has 2 heterocycles. The second-order valence-corrected chi connectivity index (χ2v) is 6.69. The second kappa shape index (κ2) is 5.03. The molecule has 0 radical (unpaired) electrons. The van der Waals surface area contributed by atoms with Gasteiger partial charge in [-0.1, -0.05) is 0 Å². The van der Waals surface area contributed by atoms with Crippen LogP contribution in [-0.4, -0.2) is 27.2 Å². The molecule has 0 aromatic carbocycles. The van der Waals surface area contributed by atoms with E-state index in [4.69, 9.17) is 10.5 Å². The molecule has 1 aliphatic rings. The van der Waals surface area contributed by atoms with E-state index in [0.29, 0.717) is 22.8 Å². The number of nitrogens with one attached hydrogen (secondary N) is 1. The van der Waals surface area contributed by atoms with Gasteiger partial charge in [-0.25, -0.2) is 13.1 Å². The van der Waals surface area contributed by atoms with Crippen molar-refractivity contribution in [3.8, 4) is 0 Å². The standard InChI is InChI=1S/C10H16N2O3S2/c1-7-8(2-4-15-7)12-17(13,14)10-3-5-16-9(10)6-11/h3,5,7-8,12H,2,4,6,11H2,1H3. The van der Waals surface area contributed by atoms with E-state index >= 15 is 0 Å². The van der Waals surface area contributed by atoms with Crippen LogP contribution in [0.5, 0.6) is 0 Å². The van der Waals surface area contributed by atoms with Crippen molar-refractivity contribution in [3.63, 3.8) is 0 Å².